The van der Waals surface area contributed by atoms with E-state index in [9.17, 15) is 8.42 Å². The molecule has 2 aromatic rings. The summed E-state index contributed by atoms with van der Waals surface area (Å²) in [4.78, 5) is 0. The van der Waals surface area contributed by atoms with E-state index in [4.69, 9.17) is 0 Å². The Morgan fingerprint density at radius 1 is 1.24 bits per heavy atom. The molecule has 6 nitrogen and oxygen atoms in total. The van der Waals surface area contributed by atoms with Gasteiger partial charge in [-0.15, -0.1) is 10.2 Å². The van der Waals surface area contributed by atoms with Crippen LogP contribution in [0.1, 0.15) is 18.3 Å². The monoisotopic (exact) mass is 326 g/mol. The fourth-order valence-electron chi connectivity index (χ4n) is 1.62. The number of sulfonamides is 1. The molecule has 0 saturated heterocycles. The molecule has 1 N–H and O–H groups in total. The van der Waals surface area contributed by atoms with Gasteiger partial charge in [0.1, 0.15) is 5.82 Å². The molecule has 0 radical (unpaired) electrons. The molecule has 114 valence electrons. The Labute approximate surface area is 129 Å². The molecule has 2 rings (SSSR count). The fraction of sp³-hybridized carbons (Fsp3) is 0.385. The molecule has 0 aliphatic rings. The first-order valence-electron chi connectivity index (χ1n) is 6.54. The largest absolute Gasteiger partial charge is 0.308 e. The quantitative estimate of drug-likeness (QED) is 0.781. The fourth-order valence-corrected chi connectivity index (χ4v) is 3.06. The number of nitrogens with one attached hydrogen (secondary N) is 1. The molecular weight excluding hydrogens is 308 g/mol. The van der Waals surface area contributed by atoms with Gasteiger partial charge < -0.3 is 4.57 Å². The number of hydrogen-bond acceptors (Lipinski definition) is 5. The molecule has 1 aromatic carbocycles. The van der Waals surface area contributed by atoms with Gasteiger partial charge in [0.15, 0.2) is 5.16 Å². The molecule has 0 spiro atoms. The first-order valence-corrected chi connectivity index (χ1v) is 9.18. The van der Waals surface area contributed by atoms with Gasteiger partial charge in [0, 0.05) is 12.8 Å². The molecule has 0 fully saturated rings. The van der Waals surface area contributed by atoms with Crippen LogP contribution in [-0.2, 0) is 29.4 Å². The summed E-state index contributed by atoms with van der Waals surface area (Å²) in [5, 5.41) is 8.90. The van der Waals surface area contributed by atoms with Gasteiger partial charge in [0.05, 0.1) is 12.3 Å². The molecule has 0 saturated carbocycles. The summed E-state index contributed by atoms with van der Waals surface area (Å²) in [7, 11) is -1.38. The van der Waals surface area contributed by atoms with Crippen molar-refractivity contribution in [2.24, 2.45) is 7.05 Å². The lowest BCUT2D eigenvalue weighted by Crippen LogP contribution is -2.26. The lowest BCUT2D eigenvalue weighted by atomic mass is 10.2. The van der Waals surface area contributed by atoms with E-state index in [2.05, 4.69) is 27.1 Å². The SMILES string of the molecule is CCS(=O)(=O)NCc1nnc(SCc2ccccc2)n1C. The minimum Gasteiger partial charge on any atom is -0.308 e. The third-order valence-electron chi connectivity index (χ3n) is 2.97. The molecule has 8 heteroatoms. The highest BCUT2D eigenvalue weighted by atomic mass is 32.2. The van der Waals surface area contributed by atoms with Gasteiger partial charge in [-0.1, -0.05) is 42.1 Å². The first kappa shape index (κ1) is 16.0. The summed E-state index contributed by atoms with van der Waals surface area (Å²) in [6.07, 6.45) is 0. The second-order valence-electron chi connectivity index (χ2n) is 4.46. The van der Waals surface area contributed by atoms with Crippen LogP contribution in [-0.4, -0.2) is 28.9 Å². The molecule has 1 aromatic heterocycles. The van der Waals surface area contributed by atoms with Gasteiger partial charge in [0.2, 0.25) is 10.0 Å². The summed E-state index contributed by atoms with van der Waals surface area (Å²) in [6.45, 7) is 1.76. The van der Waals surface area contributed by atoms with Crippen molar-refractivity contribution in [3.63, 3.8) is 0 Å². The van der Waals surface area contributed by atoms with Crippen molar-refractivity contribution < 1.29 is 8.42 Å². The maximum atomic E-state index is 11.4. The molecular formula is C13H18N4O2S2. The second-order valence-corrected chi connectivity index (χ2v) is 7.49. The normalized spacial score (nSPS) is 11.7. The number of aromatic nitrogens is 3. The Morgan fingerprint density at radius 3 is 2.62 bits per heavy atom. The average molecular weight is 326 g/mol. The van der Waals surface area contributed by atoms with Gasteiger partial charge in [-0.2, -0.15) is 0 Å². The van der Waals surface area contributed by atoms with Crippen molar-refractivity contribution in [3.05, 3.63) is 41.7 Å². The van der Waals surface area contributed by atoms with Crippen LogP contribution in [0.15, 0.2) is 35.5 Å². The van der Waals surface area contributed by atoms with E-state index >= 15 is 0 Å². The maximum absolute atomic E-state index is 11.4. The van der Waals surface area contributed by atoms with Crippen LogP contribution in [0, 0.1) is 0 Å². The lowest BCUT2D eigenvalue weighted by molar-refractivity contribution is 0.578. The molecule has 1 heterocycles. The van der Waals surface area contributed by atoms with Gasteiger partial charge >= 0.3 is 0 Å². The van der Waals surface area contributed by atoms with Gasteiger partial charge in [0.25, 0.3) is 0 Å². The Hall–Kier alpha value is -1.38. The highest BCUT2D eigenvalue weighted by Gasteiger charge is 2.12. The van der Waals surface area contributed by atoms with E-state index in [0.29, 0.717) is 5.82 Å². The summed E-state index contributed by atoms with van der Waals surface area (Å²) < 4.78 is 27.2. The van der Waals surface area contributed by atoms with Gasteiger partial charge in [-0.3, -0.25) is 0 Å². The van der Waals surface area contributed by atoms with Crippen molar-refractivity contribution in [2.75, 3.05) is 5.75 Å². The summed E-state index contributed by atoms with van der Waals surface area (Å²) in [5.41, 5.74) is 1.21. The minimum atomic E-state index is -3.22. The summed E-state index contributed by atoms with van der Waals surface area (Å²) in [5.74, 6) is 1.45. The number of rotatable bonds is 7. The van der Waals surface area contributed by atoms with E-state index in [1.165, 1.54) is 5.56 Å². The Kier molecular flexibility index (Phi) is 5.38. The zero-order chi connectivity index (χ0) is 15.3. The first-order chi connectivity index (χ1) is 10.0. The van der Waals surface area contributed by atoms with Crippen LogP contribution in [0.3, 0.4) is 0 Å². The van der Waals surface area contributed by atoms with E-state index in [-0.39, 0.29) is 12.3 Å². The van der Waals surface area contributed by atoms with E-state index < -0.39 is 10.0 Å². The third kappa shape index (κ3) is 4.55. The third-order valence-corrected chi connectivity index (χ3v) is 5.40. The summed E-state index contributed by atoms with van der Waals surface area (Å²) >= 11 is 1.57. The highest BCUT2D eigenvalue weighted by Crippen LogP contribution is 2.20. The molecule has 21 heavy (non-hydrogen) atoms. The molecule has 0 aliphatic heterocycles. The molecule has 0 amide bonds. The minimum absolute atomic E-state index is 0.0560. The number of hydrogen-bond donors (Lipinski definition) is 1. The molecule has 0 bridgehead atoms. The van der Waals surface area contributed by atoms with Crippen LogP contribution in [0.5, 0.6) is 0 Å². The van der Waals surface area contributed by atoms with Gasteiger partial charge in [-0.25, -0.2) is 13.1 Å². The van der Waals surface area contributed by atoms with Crippen molar-refractivity contribution in [1.82, 2.24) is 19.5 Å². The van der Waals surface area contributed by atoms with Crippen LogP contribution in [0.2, 0.25) is 0 Å². The van der Waals surface area contributed by atoms with E-state index in [0.717, 1.165) is 10.9 Å². The number of benzene rings is 1. The Balaban J connectivity index is 1.97. The maximum Gasteiger partial charge on any atom is 0.211 e. The lowest BCUT2D eigenvalue weighted by Gasteiger charge is -2.05. The molecule has 0 atom stereocenters. The molecule has 0 aliphatic carbocycles. The van der Waals surface area contributed by atoms with Crippen molar-refractivity contribution in [2.45, 2.75) is 24.4 Å². The smallest absolute Gasteiger partial charge is 0.211 e. The predicted octanol–water partition coefficient (Wildman–Crippen LogP) is 1.55. The van der Waals surface area contributed by atoms with Crippen molar-refractivity contribution in [3.8, 4) is 0 Å². The van der Waals surface area contributed by atoms with Crippen molar-refractivity contribution in [1.29, 1.82) is 0 Å². The van der Waals surface area contributed by atoms with E-state index in [1.807, 2.05) is 29.8 Å². The van der Waals surface area contributed by atoms with Crippen LogP contribution >= 0.6 is 11.8 Å². The average Bonchev–Trinajstić information content (AvgIpc) is 2.85. The van der Waals surface area contributed by atoms with E-state index in [1.54, 1.807) is 18.7 Å². The standard InChI is InChI=1S/C13H18N4O2S2/c1-3-21(18,19)14-9-12-15-16-13(17(12)2)20-10-11-7-5-4-6-8-11/h4-8,14H,3,9-10H2,1-2H3. The van der Waals surface area contributed by atoms with Gasteiger partial charge in [-0.05, 0) is 12.5 Å². The molecule has 0 unspecified atom stereocenters. The van der Waals surface area contributed by atoms with Crippen molar-refractivity contribution >= 4 is 21.8 Å². The Bertz CT molecular complexity index is 683. The topological polar surface area (TPSA) is 76.9 Å². The van der Waals surface area contributed by atoms with Crippen LogP contribution in [0.4, 0.5) is 0 Å². The Morgan fingerprint density at radius 2 is 1.95 bits per heavy atom. The summed E-state index contributed by atoms with van der Waals surface area (Å²) in [6, 6.07) is 10.1. The van der Waals surface area contributed by atoms with Crippen LogP contribution < -0.4 is 4.72 Å². The number of thioether (sulfide) groups is 1. The highest BCUT2D eigenvalue weighted by molar-refractivity contribution is 7.98. The second kappa shape index (κ2) is 7.06. The van der Waals surface area contributed by atoms with Crippen LogP contribution in [0.25, 0.3) is 0 Å². The number of nitrogens with zero attached hydrogens (tertiary/aromatic N) is 3. The zero-order valence-electron chi connectivity index (χ0n) is 12.0. The predicted molar refractivity (Wildman–Crippen MR) is 83.3 cm³/mol. The zero-order valence-corrected chi connectivity index (χ0v) is 13.6.